The molecule has 1 heterocycles. The first kappa shape index (κ1) is 20.5. The Bertz CT molecular complexity index is 1110. The highest BCUT2D eigenvalue weighted by Gasteiger charge is 2.16. The van der Waals surface area contributed by atoms with Crippen molar-refractivity contribution < 1.29 is 23.7 Å². The van der Waals surface area contributed by atoms with Gasteiger partial charge in [0.1, 0.15) is 16.7 Å². The molecular formula is C20H18N4O6. The molecule has 0 spiro atoms. The molecule has 3 rings (SSSR count). The van der Waals surface area contributed by atoms with Gasteiger partial charge in [-0.2, -0.15) is 5.10 Å². The molecule has 0 unspecified atom stereocenters. The second kappa shape index (κ2) is 9.32. The van der Waals surface area contributed by atoms with E-state index >= 15 is 0 Å². The summed E-state index contributed by atoms with van der Waals surface area (Å²) in [7, 11) is 0. The summed E-state index contributed by atoms with van der Waals surface area (Å²) in [5.74, 6) is -0.849. The van der Waals surface area contributed by atoms with Crippen LogP contribution >= 0.6 is 0 Å². The number of nitro groups is 1. The maximum Gasteiger partial charge on any atom is 0.433 e. The maximum atomic E-state index is 12.0. The summed E-state index contributed by atoms with van der Waals surface area (Å²) in [5.41, 5.74) is 2.21. The number of hydrogen-bond donors (Lipinski definition) is 2. The Kier molecular flexibility index (Phi) is 6.38. The SMILES string of the molecule is C[C@H](NC(=O)COc1ccc2ccccc2c1)C(=O)N/N=C\c1ccc([N+](=O)[O-])o1. The Morgan fingerprint density at radius 3 is 2.70 bits per heavy atom. The third-order valence-corrected chi connectivity index (χ3v) is 4.02. The number of furan rings is 1. The molecule has 2 amide bonds. The number of ether oxygens (including phenoxy) is 1. The number of carbonyl (C=O) groups excluding carboxylic acids is 2. The molecule has 0 saturated heterocycles. The van der Waals surface area contributed by atoms with Gasteiger partial charge in [-0.05, 0) is 35.9 Å². The topological polar surface area (TPSA) is 136 Å². The van der Waals surface area contributed by atoms with Crippen LogP contribution < -0.4 is 15.5 Å². The van der Waals surface area contributed by atoms with Gasteiger partial charge in [-0.25, -0.2) is 5.43 Å². The van der Waals surface area contributed by atoms with Gasteiger partial charge in [0.15, 0.2) is 12.4 Å². The second-order valence-electron chi connectivity index (χ2n) is 6.25. The quantitative estimate of drug-likeness (QED) is 0.332. The van der Waals surface area contributed by atoms with E-state index in [4.69, 9.17) is 9.15 Å². The molecular weight excluding hydrogens is 392 g/mol. The van der Waals surface area contributed by atoms with E-state index in [1.807, 2.05) is 36.4 Å². The van der Waals surface area contributed by atoms with Crippen molar-refractivity contribution in [3.63, 3.8) is 0 Å². The standard InChI is InChI=1S/C20H18N4O6/c1-13(20(26)23-21-11-17-8-9-19(30-17)24(27)28)22-18(25)12-29-16-7-6-14-4-2-3-5-15(14)10-16/h2-11,13H,12H2,1H3,(H,22,25)(H,23,26)/b21-11-/t13-/m0/s1. The van der Waals surface area contributed by atoms with Gasteiger partial charge in [0.25, 0.3) is 11.8 Å². The third-order valence-electron chi connectivity index (χ3n) is 4.02. The fourth-order valence-electron chi connectivity index (χ4n) is 2.52. The van der Waals surface area contributed by atoms with Gasteiger partial charge in [0.05, 0.1) is 12.3 Å². The van der Waals surface area contributed by atoms with Crippen molar-refractivity contribution >= 4 is 34.7 Å². The molecule has 2 N–H and O–H groups in total. The molecule has 2 aromatic carbocycles. The molecule has 1 aromatic heterocycles. The third kappa shape index (κ3) is 5.41. The zero-order valence-corrected chi connectivity index (χ0v) is 15.9. The average Bonchev–Trinajstić information content (AvgIpc) is 3.21. The number of benzene rings is 2. The largest absolute Gasteiger partial charge is 0.484 e. The lowest BCUT2D eigenvalue weighted by Gasteiger charge is -2.13. The zero-order chi connectivity index (χ0) is 21.5. The van der Waals surface area contributed by atoms with Crippen LogP contribution in [0.15, 0.2) is 64.1 Å². The minimum absolute atomic E-state index is 0.0995. The minimum atomic E-state index is -0.874. The molecule has 3 aromatic rings. The maximum absolute atomic E-state index is 12.0. The lowest BCUT2D eigenvalue weighted by Crippen LogP contribution is -2.45. The molecule has 0 aliphatic rings. The van der Waals surface area contributed by atoms with Crippen molar-refractivity contribution in [3.05, 3.63) is 70.5 Å². The van der Waals surface area contributed by atoms with Crippen molar-refractivity contribution in [2.24, 2.45) is 5.10 Å². The van der Waals surface area contributed by atoms with Gasteiger partial charge in [-0.15, -0.1) is 0 Å². The molecule has 0 fully saturated rings. The van der Waals surface area contributed by atoms with E-state index in [9.17, 15) is 19.7 Å². The minimum Gasteiger partial charge on any atom is -0.484 e. The predicted octanol–water partition coefficient (Wildman–Crippen LogP) is 2.37. The number of hydrogen-bond acceptors (Lipinski definition) is 7. The van der Waals surface area contributed by atoms with Crippen molar-refractivity contribution in [1.29, 1.82) is 0 Å². The summed E-state index contributed by atoms with van der Waals surface area (Å²) >= 11 is 0. The van der Waals surface area contributed by atoms with Crippen LogP contribution in [0.2, 0.25) is 0 Å². The monoisotopic (exact) mass is 410 g/mol. The highest BCUT2D eigenvalue weighted by molar-refractivity contribution is 5.88. The van der Waals surface area contributed by atoms with Crippen LogP contribution in [0.5, 0.6) is 5.75 Å². The first-order valence-corrected chi connectivity index (χ1v) is 8.90. The summed E-state index contributed by atoms with van der Waals surface area (Å²) < 4.78 is 10.3. The van der Waals surface area contributed by atoms with Crippen LogP contribution in [0.1, 0.15) is 12.7 Å². The summed E-state index contributed by atoms with van der Waals surface area (Å²) in [6.07, 6.45) is 1.11. The molecule has 10 heteroatoms. The molecule has 0 radical (unpaired) electrons. The van der Waals surface area contributed by atoms with Crippen LogP contribution in [0.4, 0.5) is 5.88 Å². The van der Waals surface area contributed by atoms with Gasteiger partial charge in [-0.1, -0.05) is 30.3 Å². The average molecular weight is 410 g/mol. The summed E-state index contributed by atoms with van der Waals surface area (Å²) in [6.45, 7) is 1.23. The molecule has 10 nitrogen and oxygen atoms in total. The second-order valence-corrected chi connectivity index (χ2v) is 6.25. The number of fused-ring (bicyclic) bond motifs is 1. The molecule has 0 aliphatic heterocycles. The smallest absolute Gasteiger partial charge is 0.433 e. The van der Waals surface area contributed by atoms with Crippen LogP contribution in [0.25, 0.3) is 10.8 Å². The highest BCUT2D eigenvalue weighted by Crippen LogP contribution is 2.20. The fraction of sp³-hybridized carbons (Fsp3) is 0.150. The van der Waals surface area contributed by atoms with E-state index in [2.05, 4.69) is 15.8 Å². The van der Waals surface area contributed by atoms with Crippen molar-refractivity contribution in [1.82, 2.24) is 10.7 Å². The first-order valence-electron chi connectivity index (χ1n) is 8.90. The first-order chi connectivity index (χ1) is 14.4. The van der Waals surface area contributed by atoms with Crippen molar-refractivity contribution in [3.8, 4) is 5.75 Å². The van der Waals surface area contributed by atoms with E-state index in [1.165, 1.54) is 19.1 Å². The number of nitrogens with zero attached hydrogens (tertiary/aromatic N) is 2. The van der Waals surface area contributed by atoms with Gasteiger partial charge in [0, 0.05) is 0 Å². The van der Waals surface area contributed by atoms with Crippen LogP contribution in [0, 0.1) is 10.1 Å². The van der Waals surface area contributed by atoms with E-state index in [-0.39, 0.29) is 12.4 Å². The van der Waals surface area contributed by atoms with E-state index < -0.39 is 28.7 Å². The lowest BCUT2D eigenvalue weighted by atomic mass is 10.1. The summed E-state index contributed by atoms with van der Waals surface area (Å²) in [6, 6.07) is 14.9. The Labute approximate surface area is 170 Å². The van der Waals surface area contributed by atoms with Gasteiger partial charge in [0.2, 0.25) is 0 Å². The van der Waals surface area contributed by atoms with Gasteiger partial charge < -0.3 is 14.5 Å². The molecule has 0 aliphatic carbocycles. The molecule has 1 atom stereocenters. The van der Waals surface area contributed by atoms with E-state index in [1.54, 1.807) is 6.07 Å². The van der Waals surface area contributed by atoms with Gasteiger partial charge >= 0.3 is 5.88 Å². The van der Waals surface area contributed by atoms with E-state index in [0.29, 0.717) is 5.75 Å². The van der Waals surface area contributed by atoms with Gasteiger partial charge in [-0.3, -0.25) is 19.7 Å². The number of amides is 2. The Morgan fingerprint density at radius 2 is 1.97 bits per heavy atom. The van der Waals surface area contributed by atoms with Crippen LogP contribution in [-0.2, 0) is 9.59 Å². The van der Waals surface area contributed by atoms with Crippen LogP contribution in [-0.4, -0.2) is 35.6 Å². The molecule has 30 heavy (non-hydrogen) atoms. The lowest BCUT2D eigenvalue weighted by molar-refractivity contribution is -0.402. The molecule has 0 bridgehead atoms. The van der Waals surface area contributed by atoms with Crippen molar-refractivity contribution in [2.75, 3.05) is 6.61 Å². The Morgan fingerprint density at radius 1 is 1.20 bits per heavy atom. The number of hydrazone groups is 1. The fourth-order valence-corrected chi connectivity index (χ4v) is 2.52. The summed E-state index contributed by atoms with van der Waals surface area (Å²) in [4.78, 5) is 33.9. The number of rotatable bonds is 8. The zero-order valence-electron chi connectivity index (χ0n) is 15.9. The van der Waals surface area contributed by atoms with Crippen molar-refractivity contribution in [2.45, 2.75) is 13.0 Å². The Balaban J connectivity index is 1.44. The molecule has 154 valence electrons. The predicted molar refractivity (Wildman–Crippen MR) is 108 cm³/mol. The summed E-state index contributed by atoms with van der Waals surface area (Å²) in [5, 5.41) is 18.7. The highest BCUT2D eigenvalue weighted by atomic mass is 16.6. The van der Waals surface area contributed by atoms with E-state index in [0.717, 1.165) is 17.0 Å². The normalized spacial score (nSPS) is 11.9. The number of carbonyl (C=O) groups is 2. The molecule has 0 saturated carbocycles. The number of nitrogens with one attached hydrogen (secondary N) is 2. The Hall–Kier alpha value is -4.21. The van der Waals surface area contributed by atoms with Crippen LogP contribution in [0.3, 0.4) is 0 Å².